The smallest absolute Gasteiger partial charge is 0.223 e. The van der Waals surface area contributed by atoms with E-state index in [1.54, 1.807) is 36.5 Å². The summed E-state index contributed by atoms with van der Waals surface area (Å²) in [7, 11) is -3.36. The van der Waals surface area contributed by atoms with Crippen molar-refractivity contribution in [3.63, 3.8) is 0 Å². The number of rotatable bonds is 9. The Bertz CT molecular complexity index is 1570. The fraction of sp³-hybridized carbons (Fsp3) is 0.296. The van der Waals surface area contributed by atoms with Crippen LogP contribution in [0.4, 0.5) is 14.7 Å². The molecule has 13 heteroatoms. The molecule has 0 saturated carbocycles. The number of imidazole rings is 1. The van der Waals surface area contributed by atoms with Gasteiger partial charge in [-0.1, -0.05) is 19.1 Å². The quantitative estimate of drug-likeness (QED) is 0.275. The Labute approximate surface area is 230 Å². The molecule has 4 aromatic rings. The molecule has 2 aromatic heterocycles. The van der Waals surface area contributed by atoms with E-state index in [1.165, 1.54) is 24.3 Å². The molecule has 10 nitrogen and oxygen atoms in total. The highest BCUT2D eigenvalue weighted by Gasteiger charge is 2.35. The zero-order valence-corrected chi connectivity index (χ0v) is 22.6. The van der Waals surface area contributed by atoms with Gasteiger partial charge in [0.15, 0.2) is 5.82 Å². The van der Waals surface area contributed by atoms with Gasteiger partial charge in [0.25, 0.3) is 0 Å². The molecule has 5 rings (SSSR count). The third-order valence-corrected chi connectivity index (χ3v) is 6.93. The Balaban J connectivity index is 1.39. The summed E-state index contributed by atoms with van der Waals surface area (Å²) in [6, 6.07) is 13.7. The largest absolute Gasteiger partial charge is 0.350 e. The number of nitrogens with zero attached hydrogens (tertiary/aromatic N) is 3. The van der Waals surface area contributed by atoms with Crippen LogP contribution in [0.5, 0.6) is 0 Å². The molecule has 3 N–H and O–H groups in total. The lowest BCUT2D eigenvalue weighted by molar-refractivity contribution is -0.231. The van der Waals surface area contributed by atoms with Crippen LogP contribution >= 0.6 is 0 Å². The van der Waals surface area contributed by atoms with Crippen LogP contribution in [0.2, 0.25) is 0 Å². The van der Waals surface area contributed by atoms with Crippen molar-refractivity contribution in [1.82, 2.24) is 24.7 Å². The minimum absolute atomic E-state index is 0.164. The Morgan fingerprint density at radius 3 is 2.30 bits per heavy atom. The van der Waals surface area contributed by atoms with E-state index in [1.807, 2.05) is 6.92 Å². The Kier molecular flexibility index (Phi) is 7.90. The number of benzene rings is 2. The summed E-state index contributed by atoms with van der Waals surface area (Å²) in [6.45, 7) is 2.87. The predicted octanol–water partition coefficient (Wildman–Crippen LogP) is 4.02. The minimum Gasteiger partial charge on any atom is -0.350 e. The molecular weight excluding hydrogens is 542 g/mol. The topological polar surface area (TPSA) is 131 Å². The monoisotopic (exact) mass is 570 g/mol. The number of hydrogen-bond acceptors (Lipinski definition) is 8. The SMILES string of the molecule is CC1(CNS(C)(=O)=O)COC(c2nc(-c3ccc(F)cc3)c(-c3ccnc(NCc4ccc(F)cc4)n3)[nH]2)OC1. The Morgan fingerprint density at radius 2 is 1.65 bits per heavy atom. The van der Waals surface area contributed by atoms with Gasteiger partial charge in [-0.15, -0.1) is 0 Å². The second kappa shape index (κ2) is 11.4. The second-order valence-electron chi connectivity index (χ2n) is 9.96. The highest BCUT2D eigenvalue weighted by atomic mass is 32.2. The molecule has 1 aliphatic rings. The van der Waals surface area contributed by atoms with Gasteiger partial charge < -0.3 is 19.8 Å². The Hall–Kier alpha value is -3.78. The molecular formula is C27H28F2N6O4S. The van der Waals surface area contributed by atoms with Crippen molar-refractivity contribution >= 4 is 16.0 Å². The number of ether oxygens (including phenoxy) is 2. The summed E-state index contributed by atoms with van der Waals surface area (Å²) in [5, 5.41) is 3.13. The van der Waals surface area contributed by atoms with E-state index in [0.717, 1.165) is 11.8 Å². The van der Waals surface area contributed by atoms with E-state index in [-0.39, 0.29) is 31.4 Å². The highest BCUT2D eigenvalue weighted by Crippen LogP contribution is 2.35. The van der Waals surface area contributed by atoms with Crippen molar-refractivity contribution in [2.75, 3.05) is 31.3 Å². The number of aromatic amines is 1. The molecule has 0 radical (unpaired) electrons. The van der Waals surface area contributed by atoms with Gasteiger partial charge in [0.2, 0.25) is 22.3 Å². The van der Waals surface area contributed by atoms with E-state index in [2.05, 4.69) is 25.0 Å². The van der Waals surface area contributed by atoms with Crippen molar-refractivity contribution in [1.29, 1.82) is 0 Å². The summed E-state index contributed by atoms with van der Waals surface area (Å²) < 4.78 is 64.3. The van der Waals surface area contributed by atoms with Crippen LogP contribution in [0.3, 0.4) is 0 Å². The van der Waals surface area contributed by atoms with Crippen LogP contribution in [0, 0.1) is 17.0 Å². The van der Waals surface area contributed by atoms with Gasteiger partial charge >= 0.3 is 0 Å². The van der Waals surface area contributed by atoms with Crippen LogP contribution in [0.25, 0.3) is 22.6 Å². The molecule has 210 valence electrons. The maximum absolute atomic E-state index is 13.7. The van der Waals surface area contributed by atoms with Crippen LogP contribution in [0.1, 0.15) is 24.6 Å². The van der Waals surface area contributed by atoms with Crippen molar-refractivity contribution in [3.05, 3.63) is 83.8 Å². The summed E-state index contributed by atoms with van der Waals surface area (Å²) >= 11 is 0. The first-order valence-electron chi connectivity index (χ1n) is 12.4. The minimum atomic E-state index is -3.36. The van der Waals surface area contributed by atoms with Crippen molar-refractivity contribution in [3.8, 4) is 22.6 Å². The molecule has 3 heterocycles. The van der Waals surface area contributed by atoms with E-state index in [4.69, 9.17) is 14.5 Å². The molecule has 0 aliphatic carbocycles. The van der Waals surface area contributed by atoms with E-state index >= 15 is 0 Å². The standard InChI is InChI=1S/C27H28F2N6O4S/c1-27(14-32-40(2,36)37)15-38-25(39-16-27)24-34-22(18-5-9-20(29)10-6-18)23(35-24)21-11-12-30-26(33-21)31-13-17-3-7-19(28)8-4-17/h3-12,25,32H,13-16H2,1-2H3,(H,34,35)(H,30,31,33). The maximum Gasteiger partial charge on any atom is 0.223 e. The van der Waals surface area contributed by atoms with Gasteiger partial charge in [-0.25, -0.2) is 36.9 Å². The second-order valence-corrected chi connectivity index (χ2v) is 11.8. The zero-order chi connectivity index (χ0) is 28.3. The van der Waals surface area contributed by atoms with Crippen LogP contribution < -0.4 is 10.0 Å². The maximum atomic E-state index is 13.7. The summed E-state index contributed by atoms with van der Waals surface area (Å²) in [4.78, 5) is 16.9. The van der Waals surface area contributed by atoms with Gasteiger partial charge in [-0.3, -0.25) is 0 Å². The molecule has 1 saturated heterocycles. The normalized spacial score (nSPS) is 19.4. The fourth-order valence-corrected chi connectivity index (χ4v) is 4.69. The highest BCUT2D eigenvalue weighted by molar-refractivity contribution is 7.88. The molecule has 0 bridgehead atoms. The molecule has 0 atom stereocenters. The molecule has 1 aliphatic heterocycles. The van der Waals surface area contributed by atoms with E-state index in [0.29, 0.717) is 41.0 Å². The van der Waals surface area contributed by atoms with Gasteiger partial charge in [0.1, 0.15) is 11.6 Å². The number of hydrogen-bond donors (Lipinski definition) is 3. The van der Waals surface area contributed by atoms with Crippen molar-refractivity contribution in [2.45, 2.75) is 19.8 Å². The first kappa shape index (κ1) is 27.8. The first-order valence-corrected chi connectivity index (χ1v) is 14.3. The lowest BCUT2D eigenvalue weighted by Gasteiger charge is -2.36. The molecule has 40 heavy (non-hydrogen) atoms. The van der Waals surface area contributed by atoms with Gasteiger partial charge in [0, 0.05) is 30.3 Å². The number of sulfonamides is 1. The lowest BCUT2D eigenvalue weighted by Crippen LogP contribution is -2.45. The number of anilines is 1. The molecule has 0 amide bonds. The average Bonchev–Trinajstić information content (AvgIpc) is 3.38. The first-order chi connectivity index (χ1) is 19.1. The number of nitrogens with one attached hydrogen (secondary N) is 3. The Morgan fingerprint density at radius 1 is 1.00 bits per heavy atom. The lowest BCUT2D eigenvalue weighted by atomic mass is 9.92. The van der Waals surface area contributed by atoms with Gasteiger partial charge in [0.05, 0.1) is 36.6 Å². The van der Waals surface area contributed by atoms with Crippen LogP contribution in [-0.2, 0) is 26.0 Å². The number of halogens is 2. The van der Waals surface area contributed by atoms with E-state index < -0.39 is 21.7 Å². The van der Waals surface area contributed by atoms with Crippen LogP contribution in [-0.4, -0.2) is 54.4 Å². The molecule has 1 fully saturated rings. The van der Waals surface area contributed by atoms with E-state index in [9.17, 15) is 17.2 Å². The van der Waals surface area contributed by atoms with Crippen LogP contribution in [0.15, 0.2) is 60.8 Å². The molecule has 0 spiro atoms. The van der Waals surface area contributed by atoms with Crippen molar-refractivity contribution in [2.24, 2.45) is 5.41 Å². The third-order valence-electron chi connectivity index (χ3n) is 6.27. The third kappa shape index (κ3) is 6.86. The molecule has 2 aromatic carbocycles. The van der Waals surface area contributed by atoms with Gasteiger partial charge in [-0.05, 0) is 48.0 Å². The predicted molar refractivity (Wildman–Crippen MR) is 144 cm³/mol. The summed E-state index contributed by atoms with van der Waals surface area (Å²) in [6.07, 6.45) is 1.86. The average molecular weight is 571 g/mol. The summed E-state index contributed by atoms with van der Waals surface area (Å²) in [5.41, 5.74) is 2.53. The summed E-state index contributed by atoms with van der Waals surface area (Å²) in [5.74, 6) is 0.0389. The number of H-pyrrole nitrogens is 1. The number of aromatic nitrogens is 4. The zero-order valence-electron chi connectivity index (χ0n) is 21.8. The van der Waals surface area contributed by atoms with Gasteiger partial charge in [-0.2, -0.15) is 0 Å². The molecule has 0 unspecified atom stereocenters. The fourth-order valence-electron chi connectivity index (χ4n) is 4.08. The van der Waals surface area contributed by atoms with Crippen molar-refractivity contribution < 1.29 is 26.7 Å².